The molecule has 0 bridgehead atoms. The Hall–Kier alpha value is -1.20. The summed E-state index contributed by atoms with van der Waals surface area (Å²) in [5.41, 5.74) is 6.30. The van der Waals surface area contributed by atoms with E-state index in [4.69, 9.17) is 5.73 Å². The number of thiophene rings is 1. The van der Waals surface area contributed by atoms with E-state index in [0.717, 1.165) is 29.7 Å². The van der Waals surface area contributed by atoms with E-state index in [9.17, 15) is 0 Å². The van der Waals surface area contributed by atoms with Gasteiger partial charge >= 0.3 is 0 Å². The molecule has 1 saturated carbocycles. The second-order valence-corrected chi connectivity index (χ2v) is 6.65. The third-order valence-electron chi connectivity index (χ3n) is 4.69. The maximum atomic E-state index is 6.30. The van der Waals surface area contributed by atoms with Gasteiger partial charge in [-0.25, -0.2) is 9.97 Å². The van der Waals surface area contributed by atoms with Gasteiger partial charge in [0.05, 0.1) is 5.39 Å². The smallest absolute Gasteiger partial charge is 0.140 e. The average Bonchev–Trinajstić information content (AvgIpc) is 3.05. The molecule has 0 amide bonds. The summed E-state index contributed by atoms with van der Waals surface area (Å²) in [5, 5.41) is 3.29. The van der Waals surface area contributed by atoms with Crippen molar-refractivity contribution >= 4 is 27.4 Å². The van der Waals surface area contributed by atoms with Crippen LogP contribution in [0.4, 0.5) is 5.82 Å². The highest BCUT2D eigenvalue weighted by Gasteiger charge is 2.39. The number of nitrogens with zero attached hydrogens (tertiary/aromatic N) is 3. The third kappa shape index (κ3) is 1.83. The molecular formula is C14H18N4S. The van der Waals surface area contributed by atoms with E-state index in [1.807, 2.05) is 0 Å². The first kappa shape index (κ1) is 11.6. The Labute approximate surface area is 116 Å². The fourth-order valence-corrected chi connectivity index (χ4v) is 4.45. The van der Waals surface area contributed by atoms with Crippen molar-refractivity contribution in [2.24, 2.45) is 17.6 Å². The van der Waals surface area contributed by atoms with Gasteiger partial charge in [0.15, 0.2) is 0 Å². The van der Waals surface area contributed by atoms with Crippen LogP contribution < -0.4 is 10.6 Å². The zero-order valence-electron chi connectivity index (χ0n) is 10.8. The fourth-order valence-electron chi connectivity index (χ4n) is 3.72. The molecule has 4 nitrogen and oxygen atoms in total. The number of fused-ring (bicyclic) bond motifs is 2. The van der Waals surface area contributed by atoms with E-state index < -0.39 is 0 Å². The zero-order chi connectivity index (χ0) is 12.8. The normalized spacial score (nSPS) is 30.8. The van der Waals surface area contributed by atoms with Gasteiger partial charge in [0.1, 0.15) is 17.0 Å². The van der Waals surface area contributed by atoms with Crippen LogP contribution in [0.2, 0.25) is 0 Å². The van der Waals surface area contributed by atoms with Gasteiger partial charge in [-0.1, -0.05) is 6.42 Å². The first-order valence-corrected chi connectivity index (χ1v) is 7.89. The standard InChI is InChI=1S/C14H18N4S/c15-12-3-1-2-9-6-18(7-11(9)12)13-10-4-5-19-14(10)17-8-16-13/h4-5,8-9,11-12H,1-3,6-7,15H2. The van der Waals surface area contributed by atoms with E-state index >= 15 is 0 Å². The minimum Gasteiger partial charge on any atom is -0.355 e. The number of aromatic nitrogens is 2. The van der Waals surface area contributed by atoms with Gasteiger partial charge in [0.2, 0.25) is 0 Å². The van der Waals surface area contributed by atoms with Gasteiger partial charge in [0.25, 0.3) is 0 Å². The monoisotopic (exact) mass is 274 g/mol. The number of rotatable bonds is 1. The number of hydrogen-bond acceptors (Lipinski definition) is 5. The minimum atomic E-state index is 0.378. The Morgan fingerprint density at radius 2 is 2.21 bits per heavy atom. The molecule has 5 heteroatoms. The van der Waals surface area contributed by atoms with Crippen LogP contribution in [0.3, 0.4) is 0 Å². The second-order valence-electron chi connectivity index (χ2n) is 5.76. The summed E-state index contributed by atoms with van der Waals surface area (Å²) < 4.78 is 0. The molecule has 19 heavy (non-hydrogen) atoms. The Kier molecular flexibility index (Phi) is 2.70. The largest absolute Gasteiger partial charge is 0.355 e. The topological polar surface area (TPSA) is 55.0 Å². The Balaban J connectivity index is 1.68. The van der Waals surface area contributed by atoms with Gasteiger partial charge in [-0.2, -0.15) is 0 Å². The molecule has 4 rings (SSSR count). The summed E-state index contributed by atoms with van der Waals surface area (Å²) >= 11 is 1.68. The summed E-state index contributed by atoms with van der Waals surface area (Å²) in [4.78, 5) is 12.4. The molecular weight excluding hydrogens is 256 g/mol. The van der Waals surface area contributed by atoms with Crippen LogP contribution in [0, 0.1) is 11.8 Å². The highest BCUT2D eigenvalue weighted by atomic mass is 32.1. The minimum absolute atomic E-state index is 0.378. The predicted molar refractivity (Wildman–Crippen MR) is 78.4 cm³/mol. The van der Waals surface area contributed by atoms with Crippen molar-refractivity contribution in [1.82, 2.24) is 9.97 Å². The van der Waals surface area contributed by atoms with E-state index in [1.165, 1.54) is 24.6 Å². The first-order valence-electron chi connectivity index (χ1n) is 7.01. The molecule has 2 N–H and O–H groups in total. The summed E-state index contributed by atoms with van der Waals surface area (Å²) in [6.45, 7) is 2.17. The average molecular weight is 274 g/mol. The van der Waals surface area contributed by atoms with Gasteiger partial charge < -0.3 is 10.6 Å². The van der Waals surface area contributed by atoms with Crippen LogP contribution in [0.5, 0.6) is 0 Å². The molecule has 1 aliphatic heterocycles. The second kappa shape index (κ2) is 4.42. The molecule has 2 aliphatic rings. The molecule has 2 fully saturated rings. The maximum absolute atomic E-state index is 6.30. The van der Waals surface area contributed by atoms with Gasteiger partial charge in [-0.05, 0) is 36.1 Å². The summed E-state index contributed by atoms with van der Waals surface area (Å²) in [6.07, 6.45) is 5.49. The van der Waals surface area contributed by atoms with Crippen LogP contribution in [-0.4, -0.2) is 29.1 Å². The van der Waals surface area contributed by atoms with Crippen molar-refractivity contribution in [2.75, 3.05) is 18.0 Å². The Bertz CT molecular complexity index is 596. The molecule has 2 aromatic rings. The number of anilines is 1. The van der Waals surface area contributed by atoms with Crippen LogP contribution in [0.1, 0.15) is 19.3 Å². The molecule has 3 atom stereocenters. The van der Waals surface area contributed by atoms with Crippen molar-refractivity contribution in [3.63, 3.8) is 0 Å². The van der Waals surface area contributed by atoms with Crippen molar-refractivity contribution in [3.8, 4) is 0 Å². The van der Waals surface area contributed by atoms with Crippen LogP contribution in [0.15, 0.2) is 17.8 Å². The zero-order valence-corrected chi connectivity index (χ0v) is 11.6. The lowest BCUT2D eigenvalue weighted by Crippen LogP contribution is -2.38. The first-order chi connectivity index (χ1) is 9.33. The Morgan fingerprint density at radius 1 is 1.26 bits per heavy atom. The highest BCUT2D eigenvalue weighted by Crippen LogP contribution is 2.38. The van der Waals surface area contributed by atoms with Gasteiger partial charge in [0, 0.05) is 19.1 Å². The number of hydrogen-bond donors (Lipinski definition) is 1. The lowest BCUT2D eigenvalue weighted by atomic mass is 9.78. The Morgan fingerprint density at radius 3 is 3.11 bits per heavy atom. The summed E-state index contributed by atoms with van der Waals surface area (Å²) in [6, 6.07) is 2.51. The maximum Gasteiger partial charge on any atom is 0.140 e. The van der Waals surface area contributed by atoms with Crippen LogP contribution in [-0.2, 0) is 0 Å². The van der Waals surface area contributed by atoms with Crippen molar-refractivity contribution in [3.05, 3.63) is 17.8 Å². The predicted octanol–water partition coefficient (Wildman–Crippen LogP) is 2.25. The van der Waals surface area contributed by atoms with Crippen LogP contribution >= 0.6 is 11.3 Å². The van der Waals surface area contributed by atoms with Crippen molar-refractivity contribution < 1.29 is 0 Å². The molecule has 3 heterocycles. The van der Waals surface area contributed by atoms with E-state index in [2.05, 4.69) is 26.3 Å². The van der Waals surface area contributed by atoms with Crippen molar-refractivity contribution in [2.45, 2.75) is 25.3 Å². The molecule has 2 aromatic heterocycles. The SMILES string of the molecule is NC1CCCC2CN(c3ncnc4sccc34)CC12. The molecule has 1 aliphatic carbocycles. The molecule has 1 saturated heterocycles. The lowest BCUT2D eigenvalue weighted by molar-refractivity contribution is 0.260. The molecule has 0 radical (unpaired) electrons. The fraction of sp³-hybridized carbons (Fsp3) is 0.571. The third-order valence-corrected chi connectivity index (χ3v) is 5.51. The van der Waals surface area contributed by atoms with E-state index in [0.29, 0.717) is 12.0 Å². The van der Waals surface area contributed by atoms with E-state index in [-0.39, 0.29) is 0 Å². The highest BCUT2D eigenvalue weighted by molar-refractivity contribution is 7.16. The molecule has 3 unspecified atom stereocenters. The molecule has 100 valence electrons. The number of nitrogens with two attached hydrogens (primary N) is 1. The lowest BCUT2D eigenvalue weighted by Gasteiger charge is -2.29. The van der Waals surface area contributed by atoms with Crippen molar-refractivity contribution in [1.29, 1.82) is 0 Å². The molecule has 0 aromatic carbocycles. The summed E-state index contributed by atoms with van der Waals surface area (Å²) in [7, 11) is 0. The summed E-state index contributed by atoms with van der Waals surface area (Å²) in [5.74, 6) is 2.51. The quantitative estimate of drug-likeness (QED) is 0.866. The van der Waals surface area contributed by atoms with Gasteiger partial charge in [-0.3, -0.25) is 0 Å². The van der Waals surface area contributed by atoms with Crippen LogP contribution in [0.25, 0.3) is 10.2 Å². The van der Waals surface area contributed by atoms with Gasteiger partial charge in [-0.15, -0.1) is 11.3 Å². The van der Waals surface area contributed by atoms with E-state index in [1.54, 1.807) is 17.7 Å². The molecule has 0 spiro atoms.